The van der Waals surface area contributed by atoms with Crippen molar-refractivity contribution in [2.75, 3.05) is 11.9 Å². The Bertz CT molecular complexity index is 498. The van der Waals surface area contributed by atoms with E-state index in [0.717, 1.165) is 18.5 Å². The van der Waals surface area contributed by atoms with Gasteiger partial charge in [-0.25, -0.2) is 0 Å². The number of nitrogens with zero attached hydrogens (tertiary/aromatic N) is 3. The van der Waals surface area contributed by atoms with E-state index < -0.39 is 0 Å². The molecule has 0 bridgehead atoms. The first kappa shape index (κ1) is 15.5. The number of nitrogens with one attached hydrogen (secondary N) is 1. The lowest BCUT2D eigenvalue weighted by Crippen LogP contribution is -2.01. The predicted molar refractivity (Wildman–Crippen MR) is 84.0 cm³/mol. The van der Waals surface area contributed by atoms with Gasteiger partial charge >= 0.3 is 6.01 Å². The van der Waals surface area contributed by atoms with Gasteiger partial charge in [0.05, 0.1) is 0 Å². The Morgan fingerprint density at radius 3 is 2.43 bits per heavy atom. The van der Waals surface area contributed by atoms with Crippen molar-refractivity contribution in [1.29, 1.82) is 0 Å². The van der Waals surface area contributed by atoms with Crippen molar-refractivity contribution in [1.82, 2.24) is 15.2 Å². The molecule has 2 rings (SSSR count). The molecule has 2 heterocycles. The Kier molecular flexibility index (Phi) is 6.71. The van der Waals surface area contributed by atoms with Gasteiger partial charge in [-0.1, -0.05) is 50.5 Å². The maximum absolute atomic E-state index is 5.57. The Hall–Kier alpha value is -1.91. The van der Waals surface area contributed by atoms with Crippen molar-refractivity contribution in [2.45, 2.75) is 51.9 Å². The van der Waals surface area contributed by atoms with Crippen molar-refractivity contribution >= 4 is 6.01 Å². The van der Waals surface area contributed by atoms with Crippen molar-refractivity contribution in [2.24, 2.45) is 0 Å². The summed E-state index contributed by atoms with van der Waals surface area (Å²) >= 11 is 0. The maximum Gasteiger partial charge on any atom is 0.315 e. The third-order valence-electron chi connectivity index (χ3n) is 3.41. The molecule has 2 aromatic heterocycles. The van der Waals surface area contributed by atoms with E-state index in [-0.39, 0.29) is 0 Å². The van der Waals surface area contributed by atoms with E-state index >= 15 is 0 Å². The summed E-state index contributed by atoms with van der Waals surface area (Å²) in [5.41, 5.74) is 0.890. The fourth-order valence-electron chi connectivity index (χ4n) is 2.18. The number of unbranched alkanes of at least 4 members (excludes halogenated alkanes) is 6. The van der Waals surface area contributed by atoms with Gasteiger partial charge in [0.1, 0.15) is 0 Å². The summed E-state index contributed by atoms with van der Waals surface area (Å²) in [7, 11) is 0. The molecule has 5 heteroatoms. The molecule has 0 aromatic carbocycles. The summed E-state index contributed by atoms with van der Waals surface area (Å²) in [5.74, 6) is 0.527. The molecule has 114 valence electrons. The summed E-state index contributed by atoms with van der Waals surface area (Å²) in [4.78, 5) is 3.97. The van der Waals surface area contributed by atoms with Gasteiger partial charge in [0, 0.05) is 24.5 Å². The smallest absolute Gasteiger partial charge is 0.315 e. The van der Waals surface area contributed by atoms with Crippen LogP contribution in [0.5, 0.6) is 0 Å². The van der Waals surface area contributed by atoms with E-state index in [0.29, 0.717) is 11.9 Å². The van der Waals surface area contributed by atoms with Crippen LogP contribution in [0.15, 0.2) is 28.9 Å². The van der Waals surface area contributed by atoms with Crippen LogP contribution in [-0.2, 0) is 0 Å². The van der Waals surface area contributed by atoms with Crippen molar-refractivity contribution in [3.63, 3.8) is 0 Å². The Labute approximate surface area is 126 Å². The number of hydrogen-bond acceptors (Lipinski definition) is 5. The van der Waals surface area contributed by atoms with Crippen LogP contribution >= 0.6 is 0 Å². The summed E-state index contributed by atoms with van der Waals surface area (Å²) in [5, 5.41) is 11.2. The average Bonchev–Trinajstić information content (AvgIpc) is 3.00. The molecule has 0 aliphatic heterocycles. The molecule has 0 saturated carbocycles. The molecule has 0 aliphatic rings. The summed E-state index contributed by atoms with van der Waals surface area (Å²) < 4.78 is 5.57. The number of hydrogen-bond donors (Lipinski definition) is 1. The van der Waals surface area contributed by atoms with Gasteiger partial charge in [-0.3, -0.25) is 4.98 Å². The maximum atomic E-state index is 5.57. The van der Waals surface area contributed by atoms with E-state index in [1.807, 2.05) is 12.1 Å². The summed E-state index contributed by atoms with van der Waals surface area (Å²) in [6.07, 6.45) is 12.5. The van der Waals surface area contributed by atoms with E-state index in [4.69, 9.17) is 4.42 Å². The molecule has 1 N–H and O–H groups in total. The van der Waals surface area contributed by atoms with E-state index in [2.05, 4.69) is 27.4 Å². The summed E-state index contributed by atoms with van der Waals surface area (Å²) in [6, 6.07) is 4.20. The number of pyridine rings is 1. The molecule has 0 fully saturated rings. The Balaban J connectivity index is 1.63. The fraction of sp³-hybridized carbons (Fsp3) is 0.562. The van der Waals surface area contributed by atoms with Gasteiger partial charge in [-0.15, -0.1) is 5.10 Å². The molecular weight excluding hydrogens is 264 g/mol. The highest BCUT2D eigenvalue weighted by Gasteiger charge is 2.07. The Morgan fingerprint density at radius 2 is 1.67 bits per heavy atom. The molecule has 0 radical (unpaired) electrons. The Morgan fingerprint density at radius 1 is 0.952 bits per heavy atom. The molecule has 2 aromatic rings. The zero-order chi connectivity index (χ0) is 14.8. The zero-order valence-electron chi connectivity index (χ0n) is 12.7. The minimum Gasteiger partial charge on any atom is -0.403 e. The highest BCUT2D eigenvalue weighted by Crippen LogP contribution is 2.18. The van der Waals surface area contributed by atoms with Crippen LogP contribution in [0.25, 0.3) is 11.5 Å². The van der Waals surface area contributed by atoms with Gasteiger partial charge < -0.3 is 9.73 Å². The third kappa shape index (κ3) is 5.53. The highest BCUT2D eigenvalue weighted by atomic mass is 16.4. The second kappa shape index (κ2) is 9.10. The molecule has 0 spiro atoms. The van der Waals surface area contributed by atoms with Gasteiger partial charge in [-0.2, -0.15) is 0 Å². The largest absolute Gasteiger partial charge is 0.403 e. The average molecular weight is 288 g/mol. The fourth-order valence-corrected chi connectivity index (χ4v) is 2.18. The molecule has 0 atom stereocenters. The third-order valence-corrected chi connectivity index (χ3v) is 3.41. The van der Waals surface area contributed by atoms with Crippen LogP contribution in [0.3, 0.4) is 0 Å². The van der Waals surface area contributed by atoms with E-state index in [1.54, 1.807) is 12.4 Å². The topological polar surface area (TPSA) is 63.8 Å². The highest BCUT2D eigenvalue weighted by molar-refractivity contribution is 5.51. The van der Waals surface area contributed by atoms with Crippen LogP contribution in [0.4, 0.5) is 6.01 Å². The normalized spacial score (nSPS) is 10.7. The minimum atomic E-state index is 0.493. The first-order valence-corrected chi connectivity index (χ1v) is 7.88. The minimum absolute atomic E-state index is 0.493. The lowest BCUT2D eigenvalue weighted by atomic mass is 10.1. The second-order valence-corrected chi connectivity index (χ2v) is 5.20. The quantitative estimate of drug-likeness (QED) is 0.660. The van der Waals surface area contributed by atoms with Crippen LogP contribution in [-0.4, -0.2) is 21.7 Å². The van der Waals surface area contributed by atoms with Crippen LogP contribution in [0.2, 0.25) is 0 Å². The van der Waals surface area contributed by atoms with E-state index in [1.165, 1.54) is 38.5 Å². The number of rotatable bonds is 10. The summed E-state index contributed by atoms with van der Waals surface area (Å²) in [6.45, 7) is 3.13. The van der Waals surface area contributed by atoms with Crippen molar-refractivity contribution in [3.8, 4) is 11.5 Å². The predicted octanol–water partition coefficient (Wildman–Crippen LogP) is 4.29. The van der Waals surface area contributed by atoms with Crippen LogP contribution in [0, 0.1) is 0 Å². The van der Waals surface area contributed by atoms with Gasteiger partial charge in [0.25, 0.3) is 0 Å². The van der Waals surface area contributed by atoms with Gasteiger partial charge in [0.15, 0.2) is 0 Å². The molecule has 5 nitrogen and oxygen atoms in total. The molecule has 0 unspecified atom stereocenters. The van der Waals surface area contributed by atoms with E-state index in [9.17, 15) is 0 Å². The number of anilines is 1. The molecule has 21 heavy (non-hydrogen) atoms. The molecule has 0 amide bonds. The number of aromatic nitrogens is 3. The van der Waals surface area contributed by atoms with Gasteiger partial charge in [-0.05, 0) is 18.6 Å². The standard InChI is InChI=1S/C16H24N4O/c1-2-3-4-5-6-7-8-11-18-16-20-19-15(21-16)14-9-12-17-13-10-14/h9-10,12-13H,2-8,11H2,1H3,(H,18,20). The van der Waals surface area contributed by atoms with Crippen molar-refractivity contribution in [3.05, 3.63) is 24.5 Å². The molecule has 0 aliphatic carbocycles. The molecule has 0 saturated heterocycles. The lowest BCUT2D eigenvalue weighted by molar-refractivity contribution is 0.570. The van der Waals surface area contributed by atoms with Gasteiger partial charge in [0.2, 0.25) is 5.89 Å². The SMILES string of the molecule is CCCCCCCCCNc1nnc(-c2ccncc2)o1. The first-order valence-electron chi connectivity index (χ1n) is 7.88. The first-order chi connectivity index (χ1) is 10.4. The zero-order valence-corrected chi connectivity index (χ0v) is 12.7. The molecular formula is C16H24N4O. The lowest BCUT2D eigenvalue weighted by Gasteiger charge is -2.01. The van der Waals surface area contributed by atoms with Crippen molar-refractivity contribution < 1.29 is 4.42 Å². The van der Waals surface area contributed by atoms with Crippen LogP contribution < -0.4 is 5.32 Å². The monoisotopic (exact) mass is 288 g/mol. The van der Waals surface area contributed by atoms with Crippen LogP contribution in [0.1, 0.15) is 51.9 Å². The second-order valence-electron chi connectivity index (χ2n) is 5.20.